The fourth-order valence-electron chi connectivity index (χ4n) is 5.01. The molecule has 3 heterocycles. The van der Waals surface area contributed by atoms with Crippen LogP contribution in [-0.2, 0) is 22.4 Å². The summed E-state index contributed by atoms with van der Waals surface area (Å²) >= 11 is 0. The molecule has 1 N–H and O–H groups in total. The highest BCUT2D eigenvalue weighted by Gasteiger charge is 2.59. The fourth-order valence-corrected chi connectivity index (χ4v) is 5.01. The van der Waals surface area contributed by atoms with Crippen LogP contribution in [-0.4, -0.2) is 22.8 Å². The number of anilines is 1. The van der Waals surface area contributed by atoms with E-state index < -0.39 is 17.5 Å². The van der Waals surface area contributed by atoms with Crippen molar-refractivity contribution < 1.29 is 32.2 Å². The molecule has 0 unspecified atom stereocenters. The number of ketones is 1. The van der Waals surface area contributed by atoms with Gasteiger partial charge in [-0.25, -0.2) is 18.2 Å². The topological polar surface area (TPSA) is 77.5 Å². The number of benzene rings is 2. The molecule has 0 bridgehead atoms. The molecule has 2 aliphatic heterocycles. The summed E-state index contributed by atoms with van der Waals surface area (Å²) in [6.07, 6.45) is 2.36. The molecule has 1 fully saturated rings. The average molecular weight is 480 g/mol. The lowest BCUT2D eigenvalue weighted by Gasteiger charge is -2.19. The summed E-state index contributed by atoms with van der Waals surface area (Å²) in [6, 6.07) is 8.97. The molecule has 1 aromatic heterocycles. The summed E-state index contributed by atoms with van der Waals surface area (Å²) in [6.45, 7) is 0. The first kappa shape index (κ1) is 21.6. The third-order valence-corrected chi connectivity index (χ3v) is 6.71. The van der Waals surface area contributed by atoms with Gasteiger partial charge in [0.2, 0.25) is 5.91 Å². The lowest BCUT2D eigenvalue weighted by Crippen LogP contribution is -2.20. The van der Waals surface area contributed by atoms with Crippen LogP contribution in [0.15, 0.2) is 42.6 Å². The van der Waals surface area contributed by atoms with E-state index in [1.807, 2.05) is 12.1 Å². The summed E-state index contributed by atoms with van der Waals surface area (Å²) < 4.78 is 52.1. The first-order chi connectivity index (χ1) is 16.9. The second kappa shape index (κ2) is 8.11. The van der Waals surface area contributed by atoms with Crippen LogP contribution in [0.1, 0.15) is 35.4 Å². The van der Waals surface area contributed by atoms with Crippen LogP contribution in [0.5, 0.6) is 17.2 Å². The largest absolute Gasteiger partial charge is 0.489 e. The van der Waals surface area contributed by atoms with Crippen LogP contribution in [0, 0.1) is 23.4 Å². The van der Waals surface area contributed by atoms with Gasteiger partial charge in [-0.05, 0) is 48.4 Å². The number of carbonyl (C=O) groups is 2. The number of halogens is 3. The van der Waals surface area contributed by atoms with E-state index in [-0.39, 0.29) is 48.0 Å². The summed E-state index contributed by atoms with van der Waals surface area (Å²) in [4.78, 5) is 28.4. The molecule has 178 valence electrons. The van der Waals surface area contributed by atoms with E-state index in [0.717, 1.165) is 29.0 Å². The molecular formula is C26H19F3N2O4. The fraction of sp³-hybridized carbons (Fsp3) is 0.269. The van der Waals surface area contributed by atoms with Gasteiger partial charge in [0.1, 0.15) is 35.0 Å². The van der Waals surface area contributed by atoms with Crippen LogP contribution in [0.2, 0.25) is 0 Å². The van der Waals surface area contributed by atoms with E-state index in [2.05, 4.69) is 10.3 Å². The quantitative estimate of drug-likeness (QED) is 0.511. The molecule has 35 heavy (non-hydrogen) atoms. The molecule has 1 saturated carbocycles. The molecule has 0 saturated heterocycles. The Labute approximate surface area is 198 Å². The van der Waals surface area contributed by atoms with Gasteiger partial charge in [0.25, 0.3) is 0 Å². The number of fused-ring (bicyclic) bond motifs is 4. The maximum absolute atomic E-state index is 13.4. The Morgan fingerprint density at radius 3 is 2.71 bits per heavy atom. The third-order valence-electron chi connectivity index (χ3n) is 6.71. The summed E-state index contributed by atoms with van der Waals surface area (Å²) in [5.74, 6) is -1.97. The van der Waals surface area contributed by atoms with E-state index >= 15 is 0 Å². The molecule has 2 aromatic carbocycles. The van der Waals surface area contributed by atoms with E-state index in [4.69, 9.17) is 9.47 Å². The third kappa shape index (κ3) is 3.90. The zero-order valence-electron chi connectivity index (χ0n) is 18.3. The Kier molecular flexibility index (Phi) is 5.01. The van der Waals surface area contributed by atoms with Crippen molar-refractivity contribution in [2.24, 2.45) is 5.92 Å². The van der Waals surface area contributed by atoms with Gasteiger partial charge in [0.15, 0.2) is 17.5 Å². The predicted molar refractivity (Wildman–Crippen MR) is 118 cm³/mol. The average Bonchev–Trinajstić information content (AvgIpc) is 3.33. The number of hydrogen-bond donors (Lipinski definition) is 1. The van der Waals surface area contributed by atoms with Crippen molar-refractivity contribution >= 4 is 17.5 Å². The van der Waals surface area contributed by atoms with E-state index in [1.54, 1.807) is 18.3 Å². The first-order valence-corrected chi connectivity index (χ1v) is 11.3. The van der Waals surface area contributed by atoms with Crippen molar-refractivity contribution in [2.45, 2.75) is 37.7 Å². The monoisotopic (exact) mass is 480 g/mol. The Hall–Kier alpha value is -3.88. The van der Waals surface area contributed by atoms with Gasteiger partial charge < -0.3 is 14.8 Å². The molecule has 1 aliphatic carbocycles. The Morgan fingerprint density at radius 2 is 1.91 bits per heavy atom. The number of pyridine rings is 1. The smallest absolute Gasteiger partial charge is 0.225 e. The number of nitrogens with one attached hydrogen (secondary N) is 1. The van der Waals surface area contributed by atoms with E-state index in [1.165, 1.54) is 0 Å². The predicted octanol–water partition coefficient (Wildman–Crippen LogP) is 4.85. The minimum Gasteiger partial charge on any atom is -0.489 e. The van der Waals surface area contributed by atoms with Gasteiger partial charge in [0.05, 0.1) is 0 Å². The van der Waals surface area contributed by atoms with Gasteiger partial charge in [-0.1, -0.05) is 0 Å². The minimum atomic E-state index is -1.54. The molecule has 3 aliphatic rings. The van der Waals surface area contributed by atoms with Gasteiger partial charge in [-0.2, -0.15) is 0 Å². The molecule has 6 rings (SSSR count). The summed E-state index contributed by atoms with van der Waals surface area (Å²) in [5.41, 5.74) is 1.89. The second-order valence-corrected chi connectivity index (χ2v) is 9.05. The van der Waals surface area contributed by atoms with Crippen molar-refractivity contribution in [1.82, 2.24) is 4.98 Å². The molecular weight excluding hydrogens is 461 g/mol. The zero-order chi connectivity index (χ0) is 24.3. The van der Waals surface area contributed by atoms with E-state index in [0.29, 0.717) is 30.2 Å². The minimum absolute atomic E-state index is 0.0323. The number of rotatable bonds is 6. The molecule has 9 heteroatoms. The van der Waals surface area contributed by atoms with Crippen LogP contribution < -0.4 is 14.8 Å². The van der Waals surface area contributed by atoms with Crippen LogP contribution in [0.3, 0.4) is 0 Å². The number of hydrogen-bond acceptors (Lipinski definition) is 5. The number of nitrogens with zero attached hydrogens (tertiary/aromatic N) is 1. The van der Waals surface area contributed by atoms with Gasteiger partial charge in [-0.3, -0.25) is 9.59 Å². The maximum atomic E-state index is 13.4. The molecule has 1 amide bonds. The highest BCUT2D eigenvalue weighted by molar-refractivity contribution is 5.93. The van der Waals surface area contributed by atoms with Gasteiger partial charge in [0, 0.05) is 48.4 Å². The van der Waals surface area contributed by atoms with E-state index in [9.17, 15) is 22.8 Å². The van der Waals surface area contributed by atoms with Crippen LogP contribution >= 0.6 is 0 Å². The molecule has 0 spiro atoms. The SMILES string of the molecule is O=C(Cc1cc(F)c(F)c(F)c1)C[C@@H]1[C@H]2Oc3ccc(Oc4ccnc5c4CCC(=O)N5)cc3[C@@H]12. The van der Waals surface area contributed by atoms with Gasteiger partial charge in [-0.15, -0.1) is 0 Å². The van der Waals surface area contributed by atoms with Crippen molar-refractivity contribution in [3.63, 3.8) is 0 Å². The number of Topliss-reactive ketones (excluding diaryl/α,β-unsaturated/α-hetero) is 1. The number of ether oxygens (including phenoxy) is 2. The highest BCUT2D eigenvalue weighted by atomic mass is 19.2. The van der Waals surface area contributed by atoms with Crippen molar-refractivity contribution in [2.75, 3.05) is 5.32 Å². The standard InChI is InChI=1S/C26H19F3N2O4/c27-18-8-12(9-19(28)24(18)29)7-13(32)10-17-23-16-11-14(1-3-20(16)35-25(17)23)34-21-5-6-30-26-15(21)2-4-22(33)31-26/h1,3,5-6,8-9,11,17,23,25H,2,4,7,10H2,(H,30,31,33)/t17-,23-,25+/m0/s1. The molecule has 0 radical (unpaired) electrons. The Morgan fingerprint density at radius 1 is 1.11 bits per heavy atom. The Bertz CT molecular complexity index is 1370. The zero-order valence-corrected chi connectivity index (χ0v) is 18.3. The Balaban J connectivity index is 1.14. The summed E-state index contributed by atoms with van der Waals surface area (Å²) in [7, 11) is 0. The molecule has 6 nitrogen and oxygen atoms in total. The maximum Gasteiger partial charge on any atom is 0.225 e. The lowest BCUT2D eigenvalue weighted by molar-refractivity contribution is -0.119. The van der Waals surface area contributed by atoms with Gasteiger partial charge >= 0.3 is 0 Å². The normalized spacial score (nSPS) is 21.3. The van der Waals surface area contributed by atoms with Crippen LogP contribution in [0.4, 0.5) is 19.0 Å². The summed E-state index contributed by atoms with van der Waals surface area (Å²) in [5, 5.41) is 2.75. The number of carbonyl (C=O) groups excluding carboxylic acids is 2. The van der Waals surface area contributed by atoms with Crippen molar-refractivity contribution in [3.8, 4) is 17.2 Å². The number of amides is 1. The lowest BCUT2D eigenvalue weighted by atomic mass is 10.0. The first-order valence-electron chi connectivity index (χ1n) is 11.3. The molecule has 3 aromatic rings. The van der Waals surface area contributed by atoms with Crippen LogP contribution in [0.25, 0.3) is 0 Å². The van der Waals surface area contributed by atoms with Crippen molar-refractivity contribution in [1.29, 1.82) is 0 Å². The van der Waals surface area contributed by atoms with Crippen molar-refractivity contribution in [3.05, 3.63) is 76.7 Å². The molecule has 3 atom stereocenters. The number of aromatic nitrogens is 1. The second-order valence-electron chi connectivity index (χ2n) is 9.05. The highest BCUT2D eigenvalue weighted by Crippen LogP contribution is 2.60.